The standard InChI is InChI=1S/C16H27N3/c1-6-7-17-14-9-12(8-11(2)3)18-15(19-14)13-10-16(13,4)5/h9,11,13H,6-8,10H2,1-5H3,(H,17,18,19). The minimum atomic E-state index is 0.387. The molecule has 0 aliphatic heterocycles. The van der Waals surface area contributed by atoms with E-state index in [2.05, 4.69) is 46.0 Å². The number of nitrogens with zero attached hydrogens (tertiary/aromatic N) is 2. The third-order valence-corrected chi connectivity index (χ3v) is 3.80. The molecule has 19 heavy (non-hydrogen) atoms. The molecule has 1 fully saturated rings. The molecule has 1 N–H and O–H groups in total. The predicted octanol–water partition coefficient (Wildman–Crippen LogP) is 4.01. The van der Waals surface area contributed by atoms with Crippen molar-refractivity contribution in [2.24, 2.45) is 11.3 Å². The van der Waals surface area contributed by atoms with Crippen LogP contribution in [0.1, 0.15) is 64.9 Å². The normalized spacial score (nSPS) is 20.6. The fraction of sp³-hybridized carbons (Fsp3) is 0.750. The van der Waals surface area contributed by atoms with Gasteiger partial charge in [-0.15, -0.1) is 0 Å². The second-order valence-electron chi connectivity index (χ2n) is 6.87. The third kappa shape index (κ3) is 3.68. The van der Waals surface area contributed by atoms with Crippen molar-refractivity contribution >= 4 is 5.82 Å². The minimum absolute atomic E-state index is 0.387. The molecule has 3 heteroatoms. The van der Waals surface area contributed by atoms with E-state index in [4.69, 9.17) is 9.97 Å². The van der Waals surface area contributed by atoms with Crippen molar-refractivity contribution in [1.29, 1.82) is 0 Å². The van der Waals surface area contributed by atoms with Gasteiger partial charge in [-0.3, -0.25) is 0 Å². The lowest BCUT2D eigenvalue weighted by Crippen LogP contribution is -2.09. The van der Waals surface area contributed by atoms with Crippen LogP contribution in [0.25, 0.3) is 0 Å². The quantitative estimate of drug-likeness (QED) is 0.840. The number of anilines is 1. The summed E-state index contributed by atoms with van der Waals surface area (Å²) in [5.74, 6) is 3.22. The van der Waals surface area contributed by atoms with Crippen LogP contribution in [0.15, 0.2) is 6.07 Å². The summed E-state index contributed by atoms with van der Waals surface area (Å²) >= 11 is 0. The van der Waals surface area contributed by atoms with Crippen LogP contribution in [-0.2, 0) is 6.42 Å². The Bertz CT molecular complexity index is 438. The smallest absolute Gasteiger partial charge is 0.134 e. The third-order valence-electron chi connectivity index (χ3n) is 3.80. The van der Waals surface area contributed by atoms with Crippen LogP contribution >= 0.6 is 0 Å². The first-order chi connectivity index (χ1) is 8.92. The van der Waals surface area contributed by atoms with Crippen LogP contribution in [0.4, 0.5) is 5.82 Å². The van der Waals surface area contributed by atoms with Gasteiger partial charge in [0, 0.05) is 24.2 Å². The fourth-order valence-electron chi connectivity index (χ4n) is 2.45. The maximum Gasteiger partial charge on any atom is 0.134 e. The SMILES string of the molecule is CCCNc1cc(CC(C)C)nc(C2CC2(C)C)n1. The zero-order valence-electron chi connectivity index (χ0n) is 13.0. The van der Waals surface area contributed by atoms with Gasteiger partial charge in [0.1, 0.15) is 11.6 Å². The molecule has 1 heterocycles. The number of nitrogens with one attached hydrogen (secondary N) is 1. The van der Waals surface area contributed by atoms with E-state index in [0.717, 1.165) is 31.0 Å². The van der Waals surface area contributed by atoms with Crippen LogP contribution < -0.4 is 5.32 Å². The topological polar surface area (TPSA) is 37.8 Å². The van der Waals surface area contributed by atoms with Gasteiger partial charge in [-0.1, -0.05) is 34.6 Å². The molecular formula is C16H27N3. The summed E-state index contributed by atoms with van der Waals surface area (Å²) in [5.41, 5.74) is 1.57. The first-order valence-electron chi connectivity index (χ1n) is 7.54. The maximum atomic E-state index is 4.79. The molecule has 106 valence electrons. The van der Waals surface area contributed by atoms with Crippen LogP contribution in [0.5, 0.6) is 0 Å². The highest BCUT2D eigenvalue weighted by molar-refractivity contribution is 5.37. The summed E-state index contributed by atoms with van der Waals surface area (Å²) in [6.07, 6.45) is 3.36. The molecule has 1 aliphatic rings. The number of rotatable bonds is 6. The Morgan fingerprint density at radius 2 is 2.05 bits per heavy atom. The molecule has 1 aromatic heterocycles. The lowest BCUT2D eigenvalue weighted by Gasteiger charge is -2.11. The second-order valence-corrected chi connectivity index (χ2v) is 6.87. The Labute approximate surface area is 117 Å². The van der Waals surface area contributed by atoms with E-state index in [1.807, 2.05) is 0 Å². The highest BCUT2D eigenvalue weighted by Crippen LogP contribution is 2.57. The van der Waals surface area contributed by atoms with E-state index in [1.165, 1.54) is 12.1 Å². The average Bonchev–Trinajstić information content (AvgIpc) is 2.95. The molecule has 0 aromatic carbocycles. The van der Waals surface area contributed by atoms with Crippen molar-refractivity contribution in [3.8, 4) is 0 Å². The lowest BCUT2D eigenvalue weighted by atomic mass is 10.1. The molecule has 1 unspecified atom stereocenters. The Balaban J connectivity index is 2.21. The summed E-state index contributed by atoms with van der Waals surface area (Å²) in [6, 6.07) is 2.12. The van der Waals surface area contributed by atoms with E-state index < -0.39 is 0 Å². The molecule has 2 rings (SSSR count). The highest BCUT2D eigenvalue weighted by atomic mass is 15.0. The van der Waals surface area contributed by atoms with Crippen molar-refractivity contribution in [1.82, 2.24) is 9.97 Å². The fourth-order valence-corrected chi connectivity index (χ4v) is 2.45. The van der Waals surface area contributed by atoms with Gasteiger partial charge in [-0.2, -0.15) is 0 Å². The second kappa shape index (κ2) is 5.48. The summed E-state index contributed by atoms with van der Waals surface area (Å²) in [5, 5.41) is 3.41. The zero-order valence-corrected chi connectivity index (χ0v) is 13.0. The molecule has 0 bridgehead atoms. The van der Waals surface area contributed by atoms with Crippen molar-refractivity contribution in [2.75, 3.05) is 11.9 Å². The highest BCUT2D eigenvalue weighted by Gasteiger charge is 2.48. The van der Waals surface area contributed by atoms with E-state index in [0.29, 0.717) is 17.3 Å². The Hall–Kier alpha value is -1.12. The van der Waals surface area contributed by atoms with Crippen LogP contribution in [0.3, 0.4) is 0 Å². The molecule has 1 aliphatic carbocycles. The Kier molecular flexibility index (Phi) is 4.12. The zero-order chi connectivity index (χ0) is 14.0. The van der Waals surface area contributed by atoms with Gasteiger partial charge in [-0.25, -0.2) is 9.97 Å². The minimum Gasteiger partial charge on any atom is -0.370 e. The molecule has 0 saturated heterocycles. The van der Waals surface area contributed by atoms with Gasteiger partial charge < -0.3 is 5.32 Å². The van der Waals surface area contributed by atoms with Gasteiger partial charge in [0.15, 0.2) is 0 Å². The van der Waals surface area contributed by atoms with Gasteiger partial charge in [0.2, 0.25) is 0 Å². The molecule has 3 nitrogen and oxygen atoms in total. The monoisotopic (exact) mass is 261 g/mol. The lowest BCUT2D eigenvalue weighted by molar-refractivity contribution is 0.598. The largest absolute Gasteiger partial charge is 0.370 e. The van der Waals surface area contributed by atoms with E-state index in [-0.39, 0.29) is 0 Å². The van der Waals surface area contributed by atoms with Gasteiger partial charge in [-0.05, 0) is 30.6 Å². The number of hydrogen-bond acceptors (Lipinski definition) is 3. The predicted molar refractivity (Wildman–Crippen MR) is 80.5 cm³/mol. The Morgan fingerprint density at radius 1 is 1.37 bits per heavy atom. The Morgan fingerprint density at radius 3 is 2.58 bits per heavy atom. The molecular weight excluding hydrogens is 234 g/mol. The van der Waals surface area contributed by atoms with Gasteiger partial charge in [0.05, 0.1) is 0 Å². The van der Waals surface area contributed by atoms with Gasteiger partial charge in [0.25, 0.3) is 0 Å². The van der Waals surface area contributed by atoms with E-state index in [9.17, 15) is 0 Å². The number of aromatic nitrogens is 2. The molecule has 1 aromatic rings. The summed E-state index contributed by atoms with van der Waals surface area (Å²) in [7, 11) is 0. The molecule has 0 amide bonds. The number of hydrogen-bond donors (Lipinski definition) is 1. The molecule has 1 atom stereocenters. The molecule has 0 radical (unpaired) electrons. The molecule has 0 spiro atoms. The van der Waals surface area contributed by atoms with Crippen molar-refractivity contribution < 1.29 is 0 Å². The van der Waals surface area contributed by atoms with Crippen LogP contribution in [-0.4, -0.2) is 16.5 Å². The van der Waals surface area contributed by atoms with Crippen molar-refractivity contribution in [3.05, 3.63) is 17.6 Å². The van der Waals surface area contributed by atoms with Crippen molar-refractivity contribution in [3.63, 3.8) is 0 Å². The summed E-state index contributed by atoms with van der Waals surface area (Å²) in [4.78, 5) is 9.50. The van der Waals surface area contributed by atoms with Crippen molar-refractivity contribution in [2.45, 2.75) is 59.8 Å². The maximum absolute atomic E-state index is 4.79. The van der Waals surface area contributed by atoms with Crippen LogP contribution in [0.2, 0.25) is 0 Å². The van der Waals surface area contributed by atoms with E-state index >= 15 is 0 Å². The van der Waals surface area contributed by atoms with Crippen LogP contribution in [0, 0.1) is 11.3 Å². The summed E-state index contributed by atoms with van der Waals surface area (Å²) in [6.45, 7) is 12.2. The first kappa shape index (κ1) is 14.3. The van der Waals surface area contributed by atoms with E-state index in [1.54, 1.807) is 0 Å². The molecule has 1 saturated carbocycles. The average molecular weight is 261 g/mol. The summed E-state index contributed by atoms with van der Waals surface area (Å²) < 4.78 is 0. The first-order valence-corrected chi connectivity index (χ1v) is 7.54. The van der Waals surface area contributed by atoms with Gasteiger partial charge >= 0.3 is 0 Å².